The van der Waals surface area contributed by atoms with Gasteiger partial charge in [0.25, 0.3) is 0 Å². The molecule has 2 heteroatoms. The van der Waals surface area contributed by atoms with Crippen LogP contribution >= 0.6 is 0 Å². The standard InChI is InChI=1S/C11H20N2/c1-2-6-12-8-9-13-7-3-5-10(4-1)11(12)13/h10-11H,1-9H2. The first kappa shape index (κ1) is 8.25. The van der Waals surface area contributed by atoms with E-state index in [-0.39, 0.29) is 0 Å². The minimum absolute atomic E-state index is 0.858. The highest BCUT2D eigenvalue weighted by molar-refractivity contribution is 4.91. The molecule has 0 spiro atoms. The molecule has 0 aromatic carbocycles. The molecule has 0 bridgehead atoms. The van der Waals surface area contributed by atoms with Gasteiger partial charge in [-0.25, -0.2) is 0 Å². The summed E-state index contributed by atoms with van der Waals surface area (Å²) in [5, 5.41) is 0. The first-order valence-electron chi connectivity index (χ1n) is 5.93. The predicted octanol–water partition coefficient (Wildman–Crippen LogP) is 1.52. The highest BCUT2D eigenvalue weighted by atomic mass is 15.4. The zero-order valence-corrected chi connectivity index (χ0v) is 8.41. The topological polar surface area (TPSA) is 6.48 Å². The molecule has 0 saturated carbocycles. The molecule has 0 aliphatic carbocycles. The van der Waals surface area contributed by atoms with E-state index in [1.54, 1.807) is 0 Å². The lowest BCUT2D eigenvalue weighted by molar-refractivity contribution is 0.0514. The van der Waals surface area contributed by atoms with Crippen LogP contribution in [0.2, 0.25) is 0 Å². The molecule has 0 aromatic heterocycles. The average molecular weight is 180 g/mol. The van der Waals surface area contributed by atoms with Crippen LogP contribution in [0.15, 0.2) is 0 Å². The van der Waals surface area contributed by atoms with Crippen LogP contribution < -0.4 is 0 Å². The summed E-state index contributed by atoms with van der Waals surface area (Å²) < 4.78 is 0. The lowest BCUT2D eigenvalue weighted by Crippen LogP contribution is -2.47. The van der Waals surface area contributed by atoms with E-state index in [2.05, 4.69) is 9.80 Å². The SMILES string of the molecule is C1CCN2CCN3CCCC(C1)C23. The van der Waals surface area contributed by atoms with Gasteiger partial charge in [-0.3, -0.25) is 9.80 Å². The van der Waals surface area contributed by atoms with E-state index in [4.69, 9.17) is 0 Å². The van der Waals surface area contributed by atoms with Crippen molar-refractivity contribution in [3.05, 3.63) is 0 Å². The molecule has 2 atom stereocenters. The first-order chi connectivity index (χ1) is 6.45. The first-order valence-corrected chi connectivity index (χ1v) is 5.93. The van der Waals surface area contributed by atoms with Crippen LogP contribution in [0, 0.1) is 5.92 Å². The highest BCUT2D eigenvalue weighted by Gasteiger charge is 2.40. The van der Waals surface area contributed by atoms with Crippen LogP contribution in [0.3, 0.4) is 0 Å². The summed E-state index contributed by atoms with van der Waals surface area (Å²) in [6, 6.07) is 0. The summed E-state index contributed by atoms with van der Waals surface area (Å²) in [6.07, 6.45) is 8.23. The smallest absolute Gasteiger partial charge is 0.0652 e. The van der Waals surface area contributed by atoms with Gasteiger partial charge in [0.2, 0.25) is 0 Å². The number of rotatable bonds is 0. The lowest BCUT2D eigenvalue weighted by atomic mass is 9.91. The summed E-state index contributed by atoms with van der Waals surface area (Å²) in [5.41, 5.74) is 0. The monoisotopic (exact) mass is 180 g/mol. The second-order valence-corrected chi connectivity index (χ2v) is 4.88. The van der Waals surface area contributed by atoms with Crippen molar-refractivity contribution in [3.63, 3.8) is 0 Å². The molecule has 3 aliphatic rings. The molecule has 2 nitrogen and oxygen atoms in total. The van der Waals surface area contributed by atoms with E-state index in [9.17, 15) is 0 Å². The molecule has 3 rings (SSSR count). The van der Waals surface area contributed by atoms with Crippen LogP contribution in [-0.2, 0) is 0 Å². The van der Waals surface area contributed by atoms with E-state index in [0.717, 1.165) is 12.1 Å². The van der Waals surface area contributed by atoms with Crippen molar-refractivity contribution in [3.8, 4) is 0 Å². The maximum Gasteiger partial charge on any atom is 0.0652 e. The molecule has 3 saturated heterocycles. The van der Waals surface area contributed by atoms with Gasteiger partial charge < -0.3 is 0 Å². The second kappa shape index (κ2) is 3.25. The van der Waals surface area contributed by atoms with Gasteiger partial charge in [-0.1, -0.05) is 6.42 Å². The molecular weight excluding hydrogens is 160 g/mol. The van der Waals surface area contributed by atoms with Crippen LogP contribution in [0.5, 0.6) is 0 Å². The van der Waals surface area contributed by atoms with Gasteiger partial charge in [-0.05, 0) is 44.7 Å². The Morgan fingerprint density at radius 2 is 1.38 bits per heavy atom. The summed E-state index contributed by atoms with van der Waals surface area (Å²) >= 11 is 0. The van der Waals surface area contributed by atoms with Gasteiger partial charge in [0.15, 0.2) is 0 Å². The third-order valence-corrected chi connectivity index (χ3v) is 4.13. The lowest BCUT2D eigenvalue weighted by Gasteiger charge is -2.38. The highest BCUT2D eigenvalue weighted by Crippen LogP contribution is 2.35. The molecule has 0 radical (unpaired) electrons. The summed E-state index contributed by atoms with van der Waals surface area (Å²) in [6.45, 7) is 5.44. The molecule has 3 heterocycles. The van der Waals surface area contributed by atoms with Crippen molar-refractivity contribution in [2.24, 2.45) is 5.92 Å². The fourth-order valence-electron chi connectivity index (χ4n) is 3.56. The largest absolute Gasteiger partial charge is 0.286 e. The van der Waals surface area contributed by atoms with Gasteiger partial charge in [-0.15, -0.1) is 0 Å². The Kier molecular flexibility index (Phi) is 2.06. The minimum atomic E-state index is 0.858. The molecule has 0 aromatic rings. The molecule has 0 N–H and O–H groups in total. The van der Waals surface area contributed by atoms with Gasteiger partial charge >= 0.3 is 0 Å². The van der Waals surface area contributed by atoms with Crippen molar-refractivity contribution in [2.75, 3.05) is 26.2 Å². The maximum atomic E-state index is 2.75. The Morgan fingerprint density at radius 3 is 2.23 bits per heavy atom. The number of nitrogens with zero attached hydrogens (tertiary/aromatic N) is 2. The molecule has 3 aliphatic heterocycles. The van der Waals surface area contributed by atoms with E-state index in [1.807, 2.05) is 0 Å². The zero-order valence-electron chi connectivity index (χ0n) is 8.41. The Morgan fingerprint density at radius 1 is 0.692 bits per heavy atom. The van der Waals surface area contributed by atoms with Crippen LogP contribution in [0.25, 0.3) is 0 Å². The van der Waals surface area contributed by atoms with Gasteiger partial charge in [0.1, 0.15) is 0 Å². The van der Waals surface area contributed by atoms with E-state index >= 15 is 0 Å². The number of piperidine rings is 1. The van der Waals surface area contributed by atoms with Crippen LogP contribution in [0.4, 0.5) is 0 Å². The van der Waals surface area contributed by atoms with Crippen molar-refractivity contribution in [1.29, 1.82) is 0 Å². The fraction of sp³-hybridized carbons (Fsp3) is 1.00. The van der Waals surface area contributed by atoms with Crippen molar-refractivity contribution in [1.82, 2.24) is 9.80 Å². The van der Waals surface area contributed by atoms with E-state index in [1.165, 1.54) is 58.3 Å². The Balaban J connectivity index is 1.83. The molecule has 13 heavy (non-hydrogen) atoms. The third kappa shape index (κ3) is 1.31. The second-order valence-electron chi connectivity index (χ2n) is 4.88. The predicted molar refractivity (Wildman–Crippen MR) is 53.5 cm³/mol. The fourth-order valence-corrected chi connectivity index (χ4v) is 3.56. The minimum Gasteiger partial charge on any atom is -0.286 e. The molecule has 3 fully saturated rings. The maximum absolute atomic E-state index is 2.75. The molecule has 0 amide bonds. The Labute approximate surface area is 80.9 Å². The van der Waals surface area contributed by atoms with Crippen molar-refractivity contribution < 1.29 is 0 Å². The average Bonchev–Trinajstić information content (AvgIpc) is 2.44. The van der Waals surface area contributed by atoms with Gasteiger partial charge in [-0.2, -0.15) is 0 Å². The van der Waals surface area contributed by atoms with Crippen molar-refractivity contribution >= 4 is 0 Å². The quantitative estimate of drug-likeness (QED) is 0.558. The van der Waals surface area contributed by atoms with Gasteiger partial charge in [0, 0.05) is 13.1 Å². The summed E-state index contributed by atoms with van der Waals surface area (Å²) in [7, 11) is 0. The third-order valence-electron chi connectivity index (χ3n) is 4.13. The number of hydrogen-bond donors (Lipinski definition) is 0. The summed E-state index contributed by atoms with van der Waals surface area (Å²) in [4.78, 5) is 5.48. The van der Waals surface area contributed by atoms with Crippen LogP contribution in [0.1, 0.15) is 32.1 Å². The normalized spacial score (nSPS) is 41.5. The van der Waals surface area contributed by atoms with Crippen LogP contribution in [-0.4, -0.2) is 42.1 Å². The molecule has 2 unspecified atom stereocenters. The summed E-state index contributed by atoms with van der Waals surface area (Å²) in [5.74, 6) is 1.01. The van der Waals surface area contributed by atoms with E-state index in [0.29, 0.717) is 0 Å². The molecule has 74 valence electrons. The van der Waals surface area contributed by atoms with E-state index < -0.39 is 0 Å². The van der Waals surface area contributed by atoms with Crippen molar-refractivity contribution in [2.45, 2.75) is 38.3 Å². The Bertz CT molecular complexity index is 193. The zero-order chi connectivity index (χ0) is 8.67. The van der Waals surface area contributed by atoms with Gasteiger partial charge in [0.05, 0.1) is 6.17 Å². The molecular formula is C11H20N2. The number of hydrogen-bond acceptors (Lipinski definition) is 2. The Hall–Kier alpha value is -0.0800.